The fraction of sp³-hybridized carbons (Fsp3) is 0.412. The van der Waals surface area contributed by atoms with Gasteiger partial charge in [-0.2, -0.15) is 10.4 Å². The van der Waals surface area contributed by atoms with E-state index >= 15 is 0 Å². The first kappa shape index (κ1) is 13.8. The molecular formula is C17H20N4. The molecule has 4 nitrogen and oxygen atoms in total. The molecule has 3 rings (SSSR count). The van der Waals surface area contributed by atoms with Gasteiger partial charge in [0.1, 0.15) is 0 Å². The molecule has 1 N–H and O–H groups in total. The monoisotopic (exact) mass is 280 g/mol. The molecule has 1 heterocycles. The molecule has 1 aromatic heterocycles. The minimum absolute atomic E-state index is 0.258. The van der Waals surface area contributed by atoms with Gasteiger partial charge < -0.3 is 5.32 Å². The first-order valence-electron chi connectivity index (χ1n) is 7.46. The van der Waals surface area contributed by atoms with E-state index < -0.39 is 0 Å². The first-order valence-corrected chi connectivity index (χ1v) is 7.46. The molecule has 108 valence electrons. The SMILES string of the molecule is CC(NC1CCCc2c1cnn2C)c1ccc(C#N)cc1. The number of aryl methyl sites for hydroxylation is 1. The standard InChI is InChI=1S/C17H20N4/c1-12(14-8-6-13(10-18)7-9-14)20-16-4-3-5-17-15(16)11-19-21(17)2/h6-9,11-12,16,20H,3-5H2,1-2H3. The van der Waals surface area contributed by atoms with Crippen LogP contribution in [0.2, 0.25) is 0 Å². The molecule has 0 saturated carbocycles. The third kappa shape index (κ3) is 2.70. The number of nitriles is 1. The number of nitrogens with one attached hydrogen (secondary N) is 1. The Hall–Kier alpha value is -2.12. The Balaban J connectivity index is 1.76. The van der Waals surface area contributed by atoms with Crippen molar-refractivity contribution in [1.29, 1.82) is 5.26 Å². The average molecular weight is 280 g/mol. The van der Waals surface area contributed by atoms with Crippen LogP contribution in [-0.2, 0) is 13.5 Å². The van der Waals surface area contributed by atoms with Gasteiger partial charge in [-0.1, -0.05) is 12.1 Å². The van der Waals surface area contributed by atoms with Gasteiger partial charge >= 0.3 is 0 Å². The van der Waals surface area contributed by atoms with Crippen molar-refractivity contribution in [2.24, 2.45) is 7.05 Å². The van der Waals surface area contributed by atoms with Gasteiger partial charge in [0.05, 0.1) is 17.8 Å². The Kier molecular flexibility index (Phi) is 3.76. The summed E-state index contributed by atoms with van der Waals surface area (Å²) in [4.78, 5) is 0. The predicted octanol–water partition coefficient (Wildman–Crippen LogP) is 3.02. The van der Waals surface area contributed by atoms with Crippen molar-refractivity contribution in [2.75, 3.05) is 0 Å². The zero-order valence-corrected chi connectivity index (χ0v) is 12.5. The Morgan fingerprint density at radius 1 is 1.38 bits per heavy atom. The molecule has 1 aromatic carbocycles. The van der Waals surface area contributed by atoms with Gasteiger partial charge in [-0.25, -0.2) is 0 Å². The lowest BCUT2D eigenvalue weighted by molar-refractivity contribution is 0.411. The van der Waals surface area contributed by atoms with E-state index in [4.69, 9.17) is 5.26 Å². The van der Waals surface area contributed by atoms with E-state index in [1.54, 1.807) is 0 Å². The minimum atomic E-state index is 0.258. The number of aromatic nitrogens is 2. The topological polar surface area (TPSA) is 53.6 Å². The van der Waals surface area contributed by atoms with Crippen LogP contribution in [0.15, 0.2) is 30.5 Å². The van der Waals surface area contributed by atoms with Gasteiger partial charge in [0.2, 0.25) is 0 Å². The van der Waals surface area contributed by atoms with Gasteiger partial charge in [-0.15, -0.1) is 0 Å². The summed E-state index contributed by atoms with van der Waals surface area (Å²) in [5.41, 5.74) is 4.61. The molecule has 0 spiro atoms. The van der Waals surface area contributed by atoms with Crippen molar-refractivity contribution in [1.82, 2.24) is 15.1 Å². The van der Waals surface area contributed by atoms with Crippen molar-refractivity contribution in [3.8, 4) is 6.07 Å². The normalized spacial score (nSPS) is 18.8. The van der Waals surface area contributed by atoms with Gasteiger partial charge in [0.25, 0.3) is 0 Å². The summed E-state index contributed by atoms with van der Waals surface area (Å²) in [5.74, 6) is 0. The van der Waals surface area contributed by atoms with Crippen LogP contribution in [0.1, 0.15) is 54.2 Å². The van der Waals surface area contributed by atoms with Crippen molar-refractivity contribution in [3.05, 3.63) is 52.8 Å². The highest BCUT2D eigenvalue weighted by molar-refractivity contribution is 5.33. The summed E-state index contributed by atoms with van der Waals surface area (Å²) in [6.45, 7) is 2.17. The third-order valence-electron chi connectivity index (χ3n) is 4.37. The number of nitrogens with zero attached hydrogens (tertiary/aromatic N) is 3. The molecular weight excluding hydrogens is 260 g/mol. The molecule has 4 heteroatoms. The van der Waals surface area contributed by atoms with Gasteiger partial charge in [0, 0.05) is 30.4 Å². The van der Waals surface area contributed by atoms with E-state index in [2.05, 4.69) is 23.4 Å². The van der Waals surface area contributed by atoms with Crippen LogP contribution in [0.3, 0.4) is 0 Å². The molecule has 0 saturated heterocycles. The summed E-state index contributed by atoms with van der Waals surface area (Å²) in [6, 6.07) is 10.6. The summed E-state index contributed by atoms with van der Waals surface area (Å²) >= 11 is 0. The van der Waals surface area contributed by atoms with E-state index in [0.717, 1.165) is 12.8 Å². The molecule has 2 aromatic rings. The summed E-state index contributed by atoms with van der Waals surface area (Å²) in [7, 11) is 2.02. The average Bonchev–Trinajstić information content (AvgIpc) is 2.90. The third-order valence-corrected chi connectivity index (χ3v) is 4.37. The van der Waals surface area contributed by atoms with Crippen molar-refractivity contribution >= 4 is 0 Å². The lowest BCUT2D eigenvalue weighted by Crippen LogP contribution is -2.27. The van der Waals surface area contributed by atoms with Crippen molar-refractivity contribution in [3.63, 3.8) is 0 Å². The van der Waals surface area contributed by atoms with Gasteiger partial charge in [-0.05, 0) is 43.9 Å². The van der Waals surface area contributed by atoms with Crippen LogP contribution in [0.4, 0.5) is 0 Å². The van der Waals surface area contributed by atoms with E-state index in [-0.39, 0.29) is 6.04 Å². The summed E-state index contributed by atoms with van der Waals surface area (Å²) in [5, 5.41) is 17.0. The van der Waals surface area contributed by atoms with Crippen LogP contribution in [0, 0.1) is 11.3 Å². The molecule has 0 radical (unpaired) electrons. The van der Waals surface area contributed by atoms with Crippen LogP contribution in [0.25, 0.3) is 0 Å². The quantitative estimate of drug-likeness (QED) is 0.940. The van der Waals surface area contributed by atoms with Crippen molar-refractivity contribution in [2.45, 2.75) is 38.3 Å². The largest absolute Gasteiger partial charge is 0.303 e. The number of fused-ring (bicyclic) bond motifs is 1. The Bertz CT molecular complexity index is 663. The second-order valence-electron chi connectivity index (χ2n) is 5.74. The maximum atomic E-state index is 8.86. The summed E-state index contributed by atoms with van der Waals surface area (Å²) < 4.78 is 2.00. The molecule has 1 aliphatic rings. The van der Waals surface area contributed by atoms with E-state index in [9.17, 15) is 0 Å². The Morgan fingerprint density at radius 2 is 2.14 bits per heavy atom. The zero-order valence-electron chi connectivity index (χ0n) is 12.5. The highest BCUT2D eigenvalue weighted by atomic mass is 15.3. The molecule has 0 amide bonds. The lowest BCUT2D eigenvalue weighted by Gasteiger charge is -2.27. The number of hydrogen-bond acceptors (Lipinski definition) is 3. The molecule has 0 fully saturated rings. The molecule has 1 aliphatic carbocycles. The Morgan fingerprint density at radius 3 is 2.86 bits per heavy atom. The number of benzene rings is 1. The second-order valence-corrected chi connectivity index (χ2v) is 5.74. The van der Waals surface area contributed by atoms with Crippen molar-refractivity contribution < 1.29 is 0 Å². The number of rotatable bonds is 3. The maximum Gasteiger partial charge on any atom is 0.0991 e. The smallest absolute Gasteiger partial charge is 0.0991 e. The van der Waals surface area contributed by atoms with E-state index in [1.165, 1.54) is 23.2 Å². The van der Waals surface area contributed by atoms with E-state index in [0.29, 0.717) is 11.6 Å². The highest BCUT2D eigenvalue weighted by Crippen LogP contribution is 2.31. The molecule has 0 aliphatic heterocycles. The predicted molar refractivity (Wildman–Crippen MR) is 81.6 cm³/mol. The second kappa shape index (κ2) is 5.71. The van der Waals surface area contributed by atoms with Crippen LogP contribution in [0.5, 0.6) is 0 Å². The Labute approximate surface area is 125 Å². The molecule has 2 atom stereocenters. The van der Waals surface area contributed by atoms with Crippen LogP contribution < -0.4 is 5.32 Å². The lowest BCUT2D eigenvalue weighted by atomic mass is 9.92. The van der Waals surface area contributed by atoms with Gasteiger partial charge in [-0.3, -0.25) is 4.68 Å². The fourth-order valence-corrected chi connectivity index (χ4v) is 3.12. The molecule has 21 heavy (non-hydrogen) atoms. The van der Waals surface area contributed by atoms with Gasteiger partial charge in [0.15, 0.2) is 0 Å². The fourth-order valence-electron chi connectivity index (χ4n) is 3.12. The zero-order chi connectivity index (χ0) is 14.8. The maximum absolute atomic E-state index is 8.86. The van der Waals surface area contributed by atoms with Crippen LogP contribution >= 0.6 is 0 Å². The highest BCUT2D eigenvalue weighted by Gasteiger charge is 2.24. The molecule has 0 bridgehead atoms. The number of hydrogen-bond donors (Lipinski definition) is 1. The van der Waals surface area contributed by atoms with Crippen LogP contribution in [-0.4, -0.2) is 9.78 Å². The first-order chi connectivity index (χ1) is 10.2. The minimum Gasteiger partial charge on any atom is -0.303 e. The van der Waals surface area contributed by atoms with E-state index in [1.807, 2.05) is 42.2 Å². The molecule has 2 unspecified atom stereocenters. The summed E-state index contributed by atoms with van der Waals surface area (Å²) in [6.07, 6.45) is 5.47.